The van der Waals surface area contributed by atoms with Crippen LogP contribution in [0.2, 0.25) is 0 Å². The third-order valence-corrected chi connectivity index (χ3v) is 2.77. The van der Waals surface area contributed by atoms with E-state index in [-0.39, 0.29) is 0 Å². The number of hydrogen-bond donors (Lipinski definition) is 1. The van der Waals surface area contributed by atoms with E-state index < -0.39 is 11.6 Å². The largest absolute Gasteiger partial charge is 0.383 e. The minimum Gasteiger partial charge on any atom is -0.383 e. The van der Waals surface area contributed by atoms with Crippen LogP contribution in [0.1, 0.15) is 11.1 Å². The van der Waals surface area contributed by atoms with Crippen LogP contribution in [-0.4, -0.2) is 30.0 Å². The van der Waals surface area contributed by atoms with Crippen LogP contribution >= 0.6 is 0 Å². The standard InChI is InChI=1S/C14H17F2N3O/c1-20-3-2-17-7-12-8-18-19(10-12)9-11-4-13(15)6-14(16)5-11/h4-6,8,10,17H,2-3,7,9H2,1H3. The van der Waals surface area contributed by atoms with Gasteiger partial charge in [-0.05, 0) is 17.7 Å². The summed E-state index contributed by atoms with van der Waals surface area (Å²) < 4.78 is 32.8. The smallest absolute Gasteiger partial charge is 0.126 e. The van der Waals surface area contributed by atoms with Crippen molar-refractivity contribution in [3.05, 3.63) is 53.4 Å². The van der Waals surface area contributed by atoms with E-state index in [1.807, 2.05) is 6.20 Å². The van der Waals surface area contributed by atoms with Crippen molar-refractivity contribution in [2.45, 2.75) is 13.1 Å². The van der Waals surface area contributed by atoms with E-state index in [4.69, 9.17) is 4.74 Å². The molecule has 1 heterocycles. The number of hydrogen-bond acceptors (Lipinski definition) is 3. The fourth-order valence-corrected chi connectivity index (χ4v) is 1.88. The Morgan fingerprint density at radius 2 is 1.95 bits per heavy atom. The summed E-state index contributed by atoms with van der Waals surface area (Å²) in [5.74, 6) is -1.15. The summed E-state index contributed by atoms with van der Waals surface area (Å²) in [4.78, 5) is 0. The fraction of sp³-hybridized carbons (Fsp3) is 0.357. The molecule has 2 rings (SSSR count). The van der Waals surface area contributed by atoms with Gasteiger partial charge in [-0.15, -0.1) is 0 Å². The maximum atomic E-state index is 13.1. The van der Waals surface area contributed by atoms with Crippen molar-refractivity contribution in [1.82, 2.24) is 15.1 Å². The van der Waals surface area contributed by atoms with Gasteiger partial charge in [-0.3, -0.25) is 4.68 Å². The molecule has 108 valence electrons. The predicted octanol–water partition coefficient (Wildman–Crippen LogP) is 1.95. The van der Waals surface area contributed by atoms with Gasteiger partial charge in [-0.1, -0.05) is 0 Å². The van der Waals surface area contributed by atoms with Gasteiger partial charge in [0.15, 0.2) is 0 Å². The third-order valence-electron chi connectivity index (χ3n) is 2.77. The summed E-state index contributed by atoms with van der Waals surface area (Å²) >= 11 is 0. The molecular weight excluding hydrogens is 264 g/mol. The minimum absolute atomic E-state index is 0.340. The monoisotopic (exact) mass is 281 g/mol. The van der Waals surface area contributed by atoms with Gasteiger partial charge < -0.3 is 10.1 Å². The quantitative estimate of drug-likeness (QED) is 0.788. The van der Waals surface area contributed by atoms with E-state index in [0.29, 0.717) is 25.3 Å². The zero-order chi connectivity index (χ0) is 14.4. The molecule has 0 spiro atoms. The Balaban J connectivity index is 1.92. The van der Waals surface area contributed by atoms with Crippen LogP contribution in [0.25, 0.3) is 0 Å². The van der Waals surface area contributed by atoms with E-state index >= 15 is 0 Å². The Morgan fingerprint density at radius 1 is 1.20 bits per heavy atom. The average molecular weight is 281 g/mol. The summed E-state index contributed by atoms with van der Waals surface area (Å²) in [7, 11) is 1.65. The van der Waals surface area contributed by atoms with Crippen molar-refractivity contribution in [2.75, 3.05) is 20.3 Å². The molecule has 0 bridgehead atoms. The van der Waals surface area contributed by atoms with Gasteiger partial charge in [0.2, 0.25) is 0 Å². The lowest BCUT2D eigenvalue weighted by molar-refractivity contribution is 0.199. The van der Waals surface area contributed by atoms with Crippen LogP contribution in [-0.2, 0) is 17.8 Å². The lowest BCUT2D eigenvalue weighted by Crippen LogP contribution is -2.18. The minimum atomic E-state index is -0.575. The van der Waals surface area contributed by atoms with Crippen molar-refractivity contribution in [3.63, 3.8) is 0 Å². The van der Waals surface area contributed by atoms with E-state index in [0.717, 1.165) is 18.2 Å². The third kappa shape index (κ3) is 4.40. The van der Waals surface area contributed by atoms with E-state index in [2.05, 4.69) is 10.4 Å². The van der Waals surface area contributed by atoms with Gasteiger partial charge in [0.05, 0.1) is 19.3 Å². The van der Waals surface area contributed by atoms with Gasteiger partial charge in [0.25, 0.3) is 0 Å². The fourth-order valence-electron chi connectivity index (χ4n) is 1.88. The Morgan fingerprint density at radius 3 is 2.65 bits per heavy atom. The number of nitrogens with zero attached hydrogens (tertiary/aromatic N) is 2. The molecular formula is C14H17F2N3O. The van der Waals surface area contributed by atoms with Crippen molar-refractivity contribution in [1.29, 1.82) is 0 Å². The second kappa shape index (κ2) is 7.12. The molecule has 0 fully saturated rings. The van der Waals surface area contributed by atoms with Gasteiger partial charge in [0.1, 0.15) is 11.6 Å². The van der Waals surface area contributed by atoms with Gasteiger partial charge >= 0.3 is 0 Å². The van der Waals surface area contributed by atoms with Crippen LogP contribution in [0, 0.1) is 11.6 Å². The summed E-state index contributed by atoms with van der Waals surface area (Å²) in [5.41, 5.74) is 1.56. The molecule has 0 aliphatic rings. The number of aromatic nitrogens is 2. The van der Waals surface area contributed by atoms with Crippen molar-refractivity contribution < 1.29 is 13.5 Å². The summed E-state index contributed by atoms with van der Waals surface area (Å²) in [6.07, 6.45) is 3.58. The molecule has 0 radical (unpaired) electrons. The average Bonchev–Trinajstić information content (AvgIpc) is 2.81. The normalized spacial score (nSPS) is 10.9. The second-order valence-electron chi connectivity index (χ2n) is 4.49. The number of nitrogens with one attached hydrogen (secondary N) is 1. The topological polar surface area (TPSA) is 39.1 Å². The molecule has 0 unspecified atom stereocenters. The summed E-state index contributed by atoms with van der Waals surface area (Å²) in [6.45, 7) is 2.43. The molecule has 4 nitrogen and oxygen atoms in total. The molecule has 0 atom stereocenters. The molecule has 0 saturated heterocycles. The second-order valence-corrected chi connectivity index (χ2v) is 4.49. The van der Waals surface area contributed by atoms with E-state index in [1.165, 1.54) is 12.1 Å². The zero-order valence-electron chi connectivity index (χ0n) is 11.3. The number of benzene rings is 1. The first-order chi connectivity index (χ1) is 9.67. The highest BCUT2D eigenvalue weighted by molar-refractivity contribution is 5.18. The molecule has 1 aromatic heterocycles. The molecule has 0 amide bonds. The van der Waals surface area contributed by atoms with Crippen molar-refractivity contribution in [3.8, 4) is 0 Å². The maximum absolute atomic E-state index is 13.1. The Labute approximate surface area is 116 Å². The highest BCUT2D eigenvalue weighted by Crippen LogP contribution is 2.09. The number of halogens is 2. The van der Waals surface area contributed by atoms with Crippen LogP contribution in [0.5, 0.6) is 0 Å². The Hall–Kier alpha value is -1.79. The molecule has 0 aliphatic heterocycles. The SMILES string of the molecule is COCCNCc1cnn(Cc2cc(F)cc(F)c2)c1. The van der Waals surface area contributed by atoms with Crippen LogP contribution < -0.4 is 5.32 Å². The van der Waals surface area contributed by atoms with Crippen LogP contribution in [0.3, 0.4) is 0 Å². The van der Waals surface area contributed by atoms with Gasteiger partial charge in [-0.2, -0.15) is 5.10 Å². The van der Waals surface area contributed by atoms with Gasteiger partial charge in [0, 0.05) is 38.0 Å². The number of rotatable bonds is 7. The molecule has 2 aromatic rings. The first-order valence-electron chi connectivity index (χ1n) is 6.33. The highest BCUT2D eigenvalue weighted by Gasteiger charge is 2.03. The molecule has 1 N–H and O–H groups in total. The lowest BCUT2D eigenvalue weighted by Gasteiger charge is -2.03. The first kappa shape index (κ1) is 14.6. The predicted molar refractivity (Wildman–Crippen MR) is 71.3 cm³/mol. The van der Waals surface area contributed by atoms with E-state index in [1.54, 1.807) is 18.0 Å². The number of methoxy groups -OCH3 is 1. The van der Waals surface area contributed by atoms with Gasteiger partial charge in [-0.25, -0.2) is 8.78 Å². The van der Waals surface area contributed by atoms with E-state index in [9.17, 15) is 8.78 Å². The molecule has 0 saturated carbocycles. The molecule has 20 heavy (non-hydrogen) atoms. The Bertz CT molecular complexity index is 537. The highest BCUT2D eigenvalue weighted by atomic mass is 19.1. The van der Waals surface area contributed by atoms with Crippen molar-refractivity contribution >= 4 is 0 Å². The molecule has 1 aromatic carbocycles. The first-order valence-corrected chi connectivity index (χ1v) is 6.33. The maximum Gasteiger partial charge on any atom is 0.126 e. The molecule has 6 heteroatoms. The summed E-state index contributed by atoms with van der Waals surface area (Å²) in [6, 6.07) is 3.47. The van der Waals surface area contributed by atoms with Crippen molar-refractivity contribution in [2.24, 2.45) is 0 Å². The lowest BCUT2D eigenvalue weighted by atomic mass is 10.2. The Kier molecular flexibility index (Phi) is 5.20. The molecule has 0 aliphatic carbocycles. The van der Waals surface area contributed by atoms with Crippen LogP contribution in [0.15, 0.2) is 30.6 Å². The zero-order valence-corrected chi connectivity index (χ0v) is 11.3. The number of ether oxygens (including phenoxy) is 1. The van der Waals surface area contributed by atoms with Crippen LogP contribution in [0.4, 0.5) is 8.78 Å². The summed E-state index contributed by atoms with van der Waals surface area (Å²) in [5, 5.41) is 7.37.